The van der Waals surface area contributed by atoms with Gasteiger partial charge in [0.15, 0.2) is 0 Å². The van der Waals surface area contributed by atoms with Gasteiger partial charge in [-0.1, -0.05) is 37.3 Å². The summed E-state index contributed by atoms with van der Waals surface area (Å²) < 4.78 is 0. The summed E-state index contributed by atoms with van der Waals surface area (Å²) in [7, 11) is 0. The van der Waals surface area contributed by atoms with E-state index in [-0.39, 0.29) is 24.0 Å². The van der Waals surface area contributed by atoms with E-state index >= 15 is 0 Å². The summed E-state index contributed by atoms with van der Waals surface area (Å²) >= 11 is 0. The van der Waals surface area contributed by atoms with Crippen molar-refractivity contribution in [1.29, 1.82) is 0 Å². The maximum absolute atomic E-state index is 12.5. The predicted octanol–water partition coefficient (Wildman–Crippen LogP) is 1.91. The molecule has 6 nitrogen and oxygen atoms in total. The number of carbonyl (C=O) groups is 2. The molecule has 2 saturated heterocycles. The van der Waals surface area contributed by atoms with Crippen molar-refractivity contribution in [3.05, 3.63) is 35.9 Å². The molecule has 3 amide bonds. The molecule has 1 aromatic rings. The van der Waals surface area contributed by atoms with Crippen LogP contribution in [0, 0.1) is 0 Å². The highest BCUT2D eigenvalue weighted by molar-refractivity contribution is 5.88. The van der Waals surface area contributed by atoms with Crippen LogP contribution in [0.25, 0.3) is 0 Å². The number of rotatable bonds is 6. The van der Waals surface area contributed by atoms with Gasteiger partial charge in [-0.2, -0.15) is 5.06 Å². The SMILES string of the molecule is CCCNC(=O)[C@@H]1CC[C@H]2CN1C(=O)N2OCc1ccccc1. The monoisotopic (exact) mass is 317 g/mol. The maximum atomic E-state index is 12.5. The molecule has 0 spiro atoms. The van der Waals surface area contributed by atoms with Gasteiger partial charge in [0.05, 0.1) is 6.04 Å². The lowest BCUT2D eigenvalue weighted by Crippen LogP contribution is -2.49. The van der Waals surface area contributed by atoms with Crippen LogP contribution in [0.15, 0.2) is 30.3 Å². The van der Waals surface area contributed by atoms with Gasteiger partial charge in [-0.15, -0.1) is 0 Å². The van der Waals surface area contributed by atoms with Gasteiger partial charge in [-0.25, -0.2) is 4.79 Å². The van der Waals surface area contributed by atoms with Crippen molar-refractivity contribution in [1.82, 2.24) is 15.3 Å². The van der Waals surface area contributed by atoms with Crippen LogP contribution in [0.1, 0.15) is 31.7 Å². The average Bonchev–Trinajstić information content (AvgIpc) is 2.83. The Bertz CT molecular complexity index is 563. The highest BCUT2D eigenvalue weighted by atomic mass is 16.7. The van der Waals surface area contributed by atoms with Gasteiger partial charge in [0.25, 0.3) is 0 Å². The summed E-state index contributed by atoms with van der Waals surface area (Å²) in [6.07, 6.45) is 2.37. The maximum Gasteiger partial charge on any atom is 0.345 e. The second kappa shape index (κ2) is 7.00. The molecule has 0 radical (unpaired) electrons. The molecular weight excluding hydrogens is 294 g/mol. The van der Waals surface area contributed by atoms with Crippen molar-refractivity contribution < 1.29 is 14.4 Å². The van der Waals surface area contributed by atoms with Crippen LogP contribution in [0.2, 0.25) is 0 Å². The minimum absolute atomic E-state index is 0.0430. The Hall–Kier alpha value is -2.08. The summed E-state index contributed by atoms with van der Waals surface area (Å²) in [5.74, 6) is -0.0523. The average molecular weight is 317 g/mol. The van der Waals surface area contributed by atoms with E-state index in [1.807, 2.05) is 37.3 Å². The molecule has 3 rings (SSSR count). The number of nitrogens with one attached hydrogen (secondary N) is 1. The molecule has 124 valence electrons. The number of benzene rings is 1. The number of fused-ring (bicyclic) bond motifs is 2. The Morgan fingerprint density at radius 1 is 1.30 bits per heavy atom. The molecule has 0 aliphatic carbocycles. The minimum atomic E-state index is -0.365. The van der Waals surface area contributed by atoms with Crippen molar-refractivity contribution in [2.75, 3.05) is 13.1 Å². The first-order valence-electron chi connectivity index (χ1n) is 8.25. The van der Waals surface area contributed by atoms with Gasteiger partial charge in [0.1, 0.15) is 12.6 Å². The van der Waals surface area contributed by atoms with Crippen LogP contribution in [0.5, 0.6) is 0 Å². The zero-order valence-corrected chi connectivity index (χ0v) is 13.4. The molecule has 2 fully saturated rings. The standard InChI is InChI=1S/C17H23N3O3/c1-2-10-18-16(21)15-9-8-14-11-19(15)17(22)20(14)23-12-13-6-4-3-5-7-13/h3-7,14-15H,2,8-12H2,1H3,(H,18,21)/t14-,15-/m0/s1. The second-order valence-electron chi connectivity index (χ2n) is 6.06. The van der Waals surface area contributed by atoms with Crippen molar-refractivity contribution >= 4 is 11.9 Å². The van der Waals surface area contributed by atoms with Crippen molar-refractivity contribution in [2.24, 2.45) is 0 Å². The lowest BCUT2D eigenvalue weighted by atomic mass is 10.0. The van der Waals surface area contributed by atoms with Crippen LogP contribution < -0.4 is 5.32 Å². The van der Waals surface area contributed by atoms with Crippen LogP contribution in [0.4, 0.5) is 4.79 Å². The number of carbonyl (C=O) groups excluding carboxylic acids is 2. The summed E-state index contributed by atoms with van der Waals surface area (Å²) in [6.45, 7) is 3.59. The quantitative estimate of drug-likeness (QED) is 0.872. The molecule has 6 heteroatoms. The lowest BCUT2D eigenvalue weighted by molar-refractivity contribution is -0.140. The summed E-state index contributed by atoms with van der Waals surface area (Å²) in [4.78, 5) is 32.1. The molecule has 2 heterocycles. The zero-order valence-electron chi connectivity index (χ0n) is 13.4. The van der Waals surface area contributed by atoms with E-state index in [1.54, 1.807) is 4.90 Å². The van der Waals surface area contributed by atoms with Crippen LogP contribution in [-0.4, -0.2) is 47.1 Å². The number of amides is 3. The van der Waals surface area contributed by atoms with Gasteiger partial charge in [0, 0.05) is 13.1 Å². The largest absolute Gasteiger partial charge is 0.354 e. The van der Waals surface area contributed by atoms with Crippen LogP contribution >= 0.6 is 0 Å². The molecule has 2 bridgehead atoms. The zero-order chi connectivity index (χ0) is 16.2. The van der Waals surface area contributed by atoms with E-state index in [0.29, 0.717) is 26.1 Å². The molecule has 23 heavy (non-hydrogen) atoms. The first-order chi connectivity index (χ1) is 11.2. The van der Waals surface area contributed by atoms with E-state index < -0.39 is 0 Å². The van der Waals surface area contributed by atoms with Crippen LogP contribution in [0.3, 0.4) is 0 Å². The molecule has 1 N–H and O–H groups in total. The van der Waals surface area contributed by atoms with Crippen molar-refractivity contribution in [3.63, 3.8) is 0 Å². The fourth-order valence-electron chi connectivity index (χ4n) is 3.15. The Morgan fingerprint density at radius 2 is 2.09 bits per heavy atom. The minimum Gasteiger partial charge on any atom is -0.354 e. The summed E-state index contributed by atoms with van der Waals surface area (Å²) in [6, 6.07) is 9.25. The highest BCUT2D eigenvalue weighted by Gasteiger charge is 2.47. The topological polar surface area (TPSA) is 61.9 Å². The van der Waals surface area contributed by atoms with E-state index in [4.69, 9.17) is 4.84 Å². The molecule has 1 aromatic carbocycles. The van der Waals surface area contributed by atoms with E-state index in [0.717, 1.165) is 18.4 Å². The number of hydroxylamine groups is 2. The van der Waals surface area contributed by atoms with Gasteiger partial charge < -0.3 is 10.2 Å². The Balaban J connectivity index is 1.61. The molecule has 2 aliphatic heterocycles. The Labute approximate surface area is 136 Å². The second-order valence-corrected chi connectivity index (χ2v) is 6.06. The third-order valence-corrected chi connectivity index (χ3v) is 4.39. The predicted molar refractivity (Wildman–Crippen MR) is 85.3 cm³/mol. The third kappa shape index (κ3) is 3.32. The molecule has 0 unspecified atom stereocenters. The summed E-state index contributed by atoms with van der Waals surface area (Å²) in [5, 5.41) is 4.34. The van der Waals surface area contributed by atoms with Gasteiger partial charge in [-0.3, -0.25) is 9.63 Å². The number of nitrogens with zero attached hydrogens (tertiary/aromatic N) is 2. The first-order valence-corrected chi connectivity index (χ1v) is 8.25. The Kier molecular flexibility index (Phi) is 4.81. The summed E-state index contributed by atoms with van der Waals surface area (Å²) in [5.41, 5.74) is 1.02. The normalized spacial score (nSPS) is 23.3. The van der Waals surface area contributed by atoms with E-state index in [1.165, 1.54) is 5.06 Å². The molecule has 0 saturated carbocycles. The number of hydrogen-bond acceptors (Lipinski definition) is 3. The molecular formula is C17H23N3O3. The van der Waals surface area contributed by atoms with Gasteiger partial charge in [0.2, 0.25) is 5.91 Å². The van der Waals surface area contributed by atoms with Crippen molar-refractivity contribution in [3.8, 4) is 0 Å². The first kappa shape index (κ1) is 15.8. The van der Waals surface area contributed by atoms with E-state index in [9.17, 15) is 9.59 Å². The van der Waals surface area contributed by atoms with Crippen LogP contribution in [-0.2, 0) is 16.2 Å². The Morgan fingerprint density at radius 3 is 2.83 bits per heavy atom. The fourth-order valence-corrected chi connectivity index (χ4v) is 3.15. The molecule has 0 aromatic heterocycles. The number of urea groups is 1. The van der Waals surface area contributed by atoms with Gasteiger partial charge >= 0.3 is 6.03 Å². The number of piperidine rings is 1. The van der Waals surface area contributed by atoms with Gasteiger partial charge in [-0.05, 0) is 24.8 Å². The van der Waals surface area contributed by atoms with Crippen molar-refractivity contribution in [2.45, 2.75) is 44.9 Å². The van der Waals surface area contributed by atoms with E-state index in [2.05, 4.69) is 5.32 Å². The number of hydrogen-bond donors (Lipinski definition) is 1. The lowest BCUT2D eigenvalue weighted by Gasteiger charge is -2.29. The molecule has 2 aliphatic rings. The highest BCUT2D eigenvalue weighted by Crippen LogP contribution is 2.30. The fraction of sp³-hybridized carbons (Fsp3) is 0.529. The third-order valence-electron chi connectivity index (χ3n) is 4.39. The molecule has 2 atom stereocenters. The smallest absolute Gasteiger partial charge is 0.345 e.